The van der Waals surface area contributed by atoms with Gasteiger partial charge < -0.3 is 15.0 Å². The fourth-order valence-electron chi connectivity index (χ4n) is 3.81. The van der Waals surface area contributed by atoms with Crippen LogP contribution >= 0.6 is 0 Å². The Labute approximate surface area is 186 Å². The first-order valence-electron chi connectivity index (χ1n) is 10.4. The summed E-state index contributed by atoms with van der Waals surface area (Å²) in [6, 6.07) is 10.2. The molecule has 1 N–H and O–H groups in total. The third kappa shape index (κ3) is 4.82. The van der Waals surface area contributed by atoms with Gasteiger partial charge in [-0.25, -0.2) is 12.8 Å². The van der Waals surface area contributed by atoms with Crippen LogP contribution in [0.5, 0.6) is 0 Å². The summed E-state index contributed by atoms with van der Waals surface area (Å²) >= 11 is 0. The molecule has 4 rings (SSSR count). The van der Waals surface area contributed by atoms with E-state index in [0.717, 1.165) is 30.2 Å². The van der Waals surface area contributed by atoms with Crippen molar-refractivity contribution in [2.24, 2.45) is 0 Å². The molecule has 0 spiro atoms. The Morgan fingerprint density at radius 1 is 1.09 bits per heavy atom. The smallest absolute Gasteiger partial charge is 0.258 e. The molecule has 0 unspecified atom stereocenters. The predicted molar refractivity (Wildman–Crippen MR) is 115 cm³/mol. The molecule has 0 aliphatic carbocycles. The number of amides is 2. The van der Waals surface area contributed by atoms with Gasteiger partial charge in [0.2, 0.25) is 15.9 Å². The minimum Gasteiger partial charge on any atom is -0.379 e. The standard InChI is InChI=1S/C22H24FN3O5S/c23-20-7-6-18(32(29,30)26-9-11-31-12-10-26)14-19(20)22(28)24-17-4-1-3-16(13-17)15-25-8-2-5-21(25)27/h1,3-4,6-7,13-14H,2,5,8-12,15H2,(H,24,28). The summed E-state index contributed by atoms with van der Waals surface area (Å²) in [4.78, 5) is 26.2. The zero-order valence-electron chi connectivity index (χ0n) is 17.4. The highest BCUT2D eigenvalue weighted by molar-refractivity contribution is 7.89. The quantitative estimate of drug-likeness (QED) is 0.712. The fraction of sp³-hybridized carbons (Fsp3) is 0.364. The van der Waals surface area contributed by atoms with E-state index in [1.165, 1.54) is 4.31 Å². The van der Waals surface area contributed by atoms with Crippen molar-refractivity contribution in [1.82, 2.24) is 9.21 Å². The SMILES string of the molecule is O=C(Nc1cccc(CN2CCCC2=O)c1)c1cc(S(=O)(=O)N2CCOCC2)ccc1F. The highest BCUT2D eigenvalue weighted by Crippen LogP contribution is 2.22. The van der Waals surface area contributed by atoms with Gasteiger partial charge in [0, 0.05) is 38.3 Å². The van der Waals surface area contributed by atoms with Gasteiger partial charge in [0.25, 0.3) is 5.91 Å². The average molecular weight is 462 g/mol. The van der Waals surface area contributed by atoms with E-state index in [2.05, 4.69) is 5.32 Å². The van der Waals surface area contributed by atoms with Gasteiger partial charge in [-0.05, 0) is 42.3 Å². The van der Waals surface area contributed by atoms with Crippen molar-refractivity contribution >= 4 is 27.5 Å². The van der Waals surface area contributed by atoms with Crippen LogP contribution in [0.15, 0.2) is 47.4 Å². The van der Waals surface area contributed by atoms with Crippen LogP contribution in [-0.2, 0) is 26.1 Å². The van der Waals surface area contributed by atoms with Crippen LogP contribution in [0.4, 0.5) is 10.1 Å². The second-order valence-corrected chi connectivity index (χ2v) is 9.67. The van der Waals surface area contributed by atoms with Crippen molar-refractivity contribution in [2.75, 3.05) is 38.2 Å². The summed E-state index contributed by atoms with van der Waals surface area (Å²) in [5.41, 5.74) is 0.904. The van der Waals surface area contributed by atoms with Gasteiger partial charge in [-0.1, -0.05) is 12.1 Å². The maximum absolute atomic E-state index is 14.4. The number of benzene rings is 2. The maximum atomic E-state index is 14.4. The molecule has 10 heteroatoms. The number of ether oxygens (including phenoxy) is 1. The Kier molecular flexibility index (Phi) is 6.54. The molecule has 2 amide bonds. The van der Waals surface area contributed by atoms with E-state index in [0.29, 0.717) is 25.2 Å². The molecule has 2 aromatic carbocycles. The molecule has 170 valence electrons. The van der Waals surface area contributed by atoms with Crippen molar-refractivity contribution < 1.29 is 27.1 Å². The lowest BCUT2D eigenvalue weighted by Crippen LogP contribution is -2.40. The number of hydrogen-bond acceptors (Lipinski definition) is 5. The lowest BCUT2D eigenvalue weighted by atomic mass is 10.1. The summed E-state index contributed by atoms with van der Waals surface area (Å²) in [5.74, 6) is -1.47. The largest absolute Gasteiger partial charge is 0.379 e. The number of anilines is 1. The molecule has 2 fully saturated rings. The van der Waals surface area contributed by atoms with E-state index in [1.54, 1.807) is 23.1 Å². The van der Waals surface area contributed by atoms with Crippen molar-refractivity contribution in [3.8, 4) is 0 Å². The predicted octanol–water partition coefficient (Wildman–Crippen LogP) is 2.22. The molecule has 0 bridgehead atoms. The van der Waals surface area contributed by atoms with E-state index in [1.807, 2.05) is 6.07 Å². The van der Waals surface area contributed by atoms with Crippen LogP contribution in [0, 0.1) is 5.82 Å². The minimum absolute atomic E-state index is 0.0970. The number of hydrogen-bond donors (Lipinski definition) is 1. The van der Waals surface area contributed by atoms with Crippen molar-refractivity contribution in [1.29, 1.82) is 0 Å². The Morgan fingerprint density at radius 3 is 2.59 bits per heavy atom. The van der Waals surface area contributed by atoms with Crippen LogP contribution in [-0.4, -0.2) is 62.3 Å². The van der Waals surface area contributed by atoms with E-state index in [9.17, 15) is 22.4 Å². The molecule has 2 heterocycles. The Morgan fingerprint density at radius 2 is 1.88 bits per heavy atom. The minimum atomic E-state index is -3.86. The highest BCUT2D eigenvalue weighted by Gasteiger charge is 2.28. The van der Waals surface area contributed by atoms with Crippen LogP contribution in [0.2, 0.25) is 0 Å². The van der Waals surface area contributed by atoms with Gasteiger partial charge in [0.15, 0.2) is 0 Å². The molecular weight excluding hydrogens is 437 g/mol. The third-order valence-corrected chi connectivity index (χ3v) is 7.41. The zero-order valence-corrected chi connectivity index (χ0v) is 18.2. The fourth-order valence-corrected chi connectivity index (χ4v) is 5.25. The second kappa shape index (κ2) is 9.35. The number of morpholine rings is 1. The van der Waals surface area contributed by atoms with E-state index < -0.39 is 21.7 Å². The van der Waals surface area contributed by atoms with Gasteiger partial charge in [-0.15, -0.1) is 0 Å². The van der Waals surface area contributed by atoms with E-state index in [4.69, 9.17) is 4.74 Å². The third-order valence-electron chi connectivity index (χ3n) is 5.52. The lowest BCUT2D eigenvalue weighted by Gasteiger charge is -2.26. The van der Waals surface area contributed by atoms with Gasteiger partial charge in [0.1, 0.15) is 5.82 Å². The normalized spacial score (nSPS) is 17.5. The molecule has 0 atom stereocenters. The van der Waals surface area contributed by atoms with Crippen molar-refractivity contribution in [3.05, 3.63) is 59.4 Å². The number of carbonyl (C=O) groups excluding carboxylic acids is 2. The first kappa shape index (κ1) is 22.4. The Hall–Kier alpha value is -2.82. The molecule has 8 nitrogen and oxygen atoms in total. The zero-order chi connectivity index (χ0) is 22.7. The molecule has 32 heavy (non-hydrogen) atoms. The molecule has 0 saturated carbocycles. The maximum Gasteiger partial charge on any atom is 0.258 e. The first-order chi connectivity index (χ1) is 15.3. The number of carbonyl (C=O) groups is 2. The van der Waals surface area contributed by atoms with Gasteiger partial charge in [0.05, 0.1) is 23.7 Å². The summed E-state index contributed by atoms with van der Waals surface area (Å²) in [6.07, 6.45) is 1.37. The molecule has 0 aromatic heterocycles. The molecule has 0 radical (unpaired) electrons. The first-order valence-corrected chi connectivity index (χ1v) is 11.8. The van der Waals surface area contributed by atoms with Crippen LogP contribution < -0.4 is 5.32 Å². The van der Waals surface area contributed by atoms with Crippen LogP contribution in [0.3, 0.4) is 0 Å². The van der Waals surface area contributed by atoms with Crippen LogP contribution in [0.25, 0.3) is 0 Å². The number of likely N-dealkylation sites (tertiary alicyclic amines) is 1. The summed E-state index contributed by atoms with van der Waals surface area (Å²) in [6.45, 7) is 2.11. The van der Waals surface area contributed by atoms with Gasteiger partial charge >= 0.3 is 0 Å². The molecule has 2 aliphatic heterocycles. The Bertz CT molecular complexity index is 1130. The van der Waals surface area contributed by atoms with Crippen molar-refractivity contribution in [3.63, 3.8) is 0 Å². The Balaban J connectivity index is 1.52. The average Bonchev–Trinajstić information content (AvgIpc) is 3.19. The topological polar surface area (TPSA) is 96.0 Å². The lowest BCUT2D eigenvalue weighted by molar-refractivity contribution is -0.128. The summed E-state index contributed by atoms with van der Waals surface area (Å²) < 4.78 is 46.6. The van der Waals surface area contributed by atoms with Crippen LogP contribution in [0.1, 0.15) is 28.8 Å². The highest BCUT2D eigenvalue weighted by atomic mass is 32.2. The molecule has 2 aliphatic rings. The monoisotopic (exact) mass is 461 g/mol. The molecular formula is C22H24FN3O5S. The van der Waals surface area contributed by atoms with Crippen molar-refractivity contribution in [2.45, 2.75) is 24.3 Å². The second-order valence-electron chi connectivity index (χ2n) is 7.73. The number of sulfonamides is 1. The van der Waals surface area contributed by atoms with Gasteiger partial charge in [-0.3, -0.25) is 9.59 Å². The van der Waals surface area contributed by atoms with Gasteiger partial charge in [-0.2, -0.15) is 4.31 Å². The summed E-state index contributed by atoms with van der Waals surface area (Å²) in [7, 11) is -3.86. The number of nitrogens with zero attached hydrogens (tertiary/aromatic N) is 2. The summed E-state index contributed by atoms with van der Waals surface area (Å²) in [5, 5.41) is 2.62. The number of rotatable bonds is 6. The molecule has 2 aromatic rings. The number of nitrogens with one attached hydrogen (secondary N) is 1. The van der Waals surface area contributed by atoms with E-state index >= 15 is 0 Å². The van der Waals surface area contributed by atoms with E-state index in [-0.39, 0.29) is 42.7 Å². The molecule has 2 saturated heterocycles. The number of halogens is 1.